The van der Waals surface area contributed by atoms with E-state index in [9.17, 15) is 0 Å². The quantitative estimate of drug-likeness (QED) is 0.745. The molecule has 1 fully saturated rings. The normalized spacial score (nSPS) is 17.2. The van der Waals surface area contributed by atoms with Gasteiger partial charge in [-0.25, -0.2) is 0 Å². The molecule has 1 aromatic rings. The number of nitrogens with one attached hydrogen (secondary N) is 1. The highest BCUT2D eigenvalue weighted by Gasteiger charge is 2.21. The van der Waals surface area contributed by atoms with Gasteiger partial charge in [-0.1, -0.05) is 53.7 Å². The summed E-state index contributed by atoms with van der Waals surface area (Å²) in [5, 5.41) is 4.98. The summed E-state index contributed by atoms with van der Waals surface area (Å²) < 4.78 is 0. The number of hydrogen-bond donors (Lipinski definition) is 1. The molecule has 1 unspecified atom stereocenters. The highest BCUT2D eigenvalue weighted by atomic mass is 35.5. The maximum atomic E-state index is 6.19. The molecule has 0 saturated heterocycles. The van der Waals surface area contributed by atoms with Gasteiger partial charge in [-0.05, 0) is 37.4 Å². The van der Waals surface area contributed by atoms with Crippen LogP contribution >= 0.6 is 34.8 Å². The van der Waals surface area contributed by atoms with Gasteiger partial charge < -0.3 is 5.32 Å². The molecule has 0 radical (unpaired) electrons. The van der Waals surface area contributed by atoms with Crippen molar-refractivity contribution in [3.05, 3.63) is 32.8 Å². The molecule has 1 aliphatic carbocycles. The van der Waals surface area contributed by atoms with Crippen molar-refractivity contribution in [1.29, 1.82) is 0 Å². The van der Waals surface area contributed by atoms with Crippen molar-refractivity contribution in [1.82, 2.24) is 5.32 Å². The Kier molecular flexibility index (Phi) is 4.59. The van der Waals surface area contributed by atoms with Gasteiger partial charge in [-0.15, -0.1) is 0 Å². The number of halogens is 3. The Bertz CT molecular complexity index is 402. The lowest BCUT2D eigenvalue weighted by Gasteiger charge is -2.16. The van der Waals surface area contributed by atoms with Gasteiger partial charge in [-0.3, -0.25) is 0 Å². The molecule has 1 atom stereocenters. The second-order valence-corrected chi connectivity index (χ2v) is 5.84. The van der Waals surface area contributed by atoms with Crippen molar-refractivity contribution in [3.63, 3.8) is 0 Å². The maximum Gasteiger partial charge on any atom is 0.0781 e. The molecular weight excluding hydrogens is 277 g/mol. The van der Waals surface area contributed by atoms with Gasteiger partial charge in [0, 0.05) is 6.04 Å². The first-order valence-electron chi connectivity index (χ1n) is 5.96. The van der Waals surface area contributed by atoms with Crippen LogP contribution in [0.25, 0.3) is 0 Å². The van der Waals surface area contributed by atoms with Crippen LogP contribution in [0.1, 0.15) is 37.8 Å². The molecule has 0 aliphatic heterocycles. The topological polar surface area (TPSA) is 12.0 Å². The van der Waals surface area contributed by atoms with Crippen LogP contribution in [0, 0.1) is 5.92 Å². The summed E-state index contributed by atoms with van der Waals surface area (Å²) in [6.07, 6.45) is 4.04. The third-order valence-corrected chi connectivity index (χ3v) is 4.54. The standard InChI is InChI=1S/C13H16Cl3N/c1-8(17-7-6-9-2-3-9)10-4-5-11(14)13(16)12(10)15/h4-5,8-9,17H,2-3,6-7H2,1H3. The molecule has 1 saturated carbocycles. The fourth-order valence-corrected chi connectivity index (χ4v) is 2.60. The first kappa shape index (κ1) is 13.5. The van der Waals surface area contributed by atoms with Crippen molar-refractivity contribution in [2.24, 2.45) is 5.92 Å². The molecule has 1 aromatic carbocycles. The zero-order valence-corrected chi connectivity index (χ0v) is 12.0. The number of rotatable bonds is 5. The van der Waals surface area contributed by atoms with Crippen LogP contribution in [0.5, 0.6) is 0 Å². The Hall–Kier alpha value is 0.0500. The van der Waals surface area contributed by atoms with Crippen LogP contribution in [0.4, 0.5) is 0 Å². The smallest absolute Gasteiger partial charge is 0.0781 e. The monoisotopic (exact) mass is 291 g/mol. The van der Waals surface area contributed by atoms with Crippen molar-refractivity contribution in [2.45, 2.75) is 32.2 Å². The fourth-order valence-electron chi connectivity index (χ4n) is 1.90. The van der Waals surface area contributed by atoms with Gasteiger partial charge in [0.2, 0.25) is 0 Å². The van der Waals surface area contributed by atoms with Crippen molar-refractivity contribution in [3.8, 4) is 0 Å². The van der Waals surface area contributed by atoms with E-state index in [-0.39, 0.29) is 6.04 Å². The molecule has 1 aliphatic rings. The molecule has 0 aromatic heterocycles. The van der Waals surface area contributed by atoms with E-state index in [1.807, 2.05) is 6.07 Å². The fraction of sp³-hybridized carbons (Fsp3) is 0.538. The van der Waals surface area contributed by atoms with Crippen molar-refractivity contribution >= 4 is 34.8 Å². The van der Waals surface area contributed by atoms with Crippen molar-refractivity contribution < 1.29 is 0 Å². The van der Waals surface area contributed by atoms with Gasteiger partial charge in [0.25, 0.3) is 0 Å². The van der Waals surface area contributed by atoms with Gasteiger partial charge in [0.15, 0.2) is 0 Å². The molecule has 94 valence electrons. The van der Waals surface area contributed by atoms with Gasteiger partial charge in [0.1, 0.15) is 0 Å². The summed E-state index contributed by atoms with van der Waals surface area (Å²) in [6, 6.07) is 3.94. The van der Waals surface area contributed by atoms with Crippen molar-refractivity contribution in [2.75, 3.05) is 6.54 Å². The van der Waals surface area contributed by atoms with Gasteiger partial charge in [0.05, 0.1) is 15.1 Å². The molecule has 0 amide bonds. The summed E-state index contributed by atoms with van der Waals surface area (Å²) >= 11 is 18.1. The SMILES string of the molecule is CC(NCCC1CC1)c1ccc(Cl)c(Cl)c1Cl. The predicted molar refractivity (Wildman–Crippen MR) is 75.2 cm³/mol. The summed E-state index contributed by atoms with van der Waals surface area (Å²) in [5.41, 5.74) is 1.01. The van der Waals surface area contributed by atoms with E-state index in [1.165, 1.54) is 19.3 Å². The second kappa shape index (κ2) is 5.79. The van der Waals surface area contributed by atoms with E-state index in [0.29, 0.717) is 15.1 Å². The Balaban J connectivity index is 1.97. The maximum absolute atomic E-state index is 6.19. The van der Waals surface area contributed by atoms with Crippen LogP contribution in [0.15, 0.2) is 12.1 Å². The largest absolute Gasteiger partial charge is 0.310 e. The van der Waals surface area contributed by atoms with E-state index in [2.05, 4.69) is 12.2 Å². The first-order valence-corrected chi connectivity index (χ1v) is 7.09. The van der Waals surface area contributed by atoms with Gasteiger partial charge >= 0.3 is 0 Å². The molecule has 2 rings (SSSR count). The Morgan fingerprint density at radius 2 is 1.94 bits per heavy atom. The van der Waals surface area contributed by atoms with E-state index >= 15 is 0 Å². The van der Waals surface area contributed by atoms with E-state index < -0.39 is 0 Å². The molecule has 17 heavy (non-hydrogen) atoms. The van der Waals surface area contributed by atoms with Crippen LogP contribution in [-0.2, 0) is 0 Å². The molecule has 1 nitrogen and oxygen atoms in total. The summed E-state index contributed by atoms with van der Waals surface area (Å²) in [5.74, 6) is 0.943. The minimum Gasteiger partial charge on any atom is -0.310 e. The summed E-state index contributed by atoms with van der Waals surface area (Å²) in [6.45, 7) is 3.13. The third-order valence-electron chi connectivity index (χ3n) is 3.23. The zero-order chi connectivity index (χ0) is 12.4. The lowest BCUT2D eigenvalue weighted by Crippen LogP contribution is -2.20. The molecule has 4 heteroatoms. The van der Waals surface area contributed by atoms with Crippen LogP contribution < -0.4 is 5.32 Å². The molecule has 0 spiro atoms. The minimum absolute atomic E-state index is 0.205. The summed E-state index contributed by atoms with van der Waals surface area (Å²) in [7, 11) is 0. The van der Waals surface area contributed by atoms with Crippen LogP contribution in [-0.4, -0.2) is 6.54 Å². The van der Waals surface area contributed by atoms with Gasteiger partial charge in [-0.2, -0.15) is 0 Å². The zero-order valence-electron chi connectivity index (χ0n) is 9.77. The molecule has 1 N–H and O–H groups in total. The Morgan fingerprint density at radius 3 is 2.59 bits per heavy atom. The Morgan fingerprint density at radius 1 is 1.24 bits per heavy atom. The molecule has 0 bridgehead atoms. The number of benzene rings is 1. The highest BCUT2D eigenvalue weighted by molar-refractivity contribution is 6.48. The predicted octanol–water partition coefficient (Wildman–Crippen LogP) is 5.10. The van der Waals surface area contributed by atoms with Crippen LogP contribution in [0.3, 0.4) is 0 Å². The highest BCUT2D eigenvalue weighted by Crippen LogP contribution is 2.36. The summed E-state index contributed by atoms with van der Waals surface area (Å²) in [4.78, 5) is 0. The molecular formula is C13H16Cl3N. The lowest BCUT2D eigenvalue weighted by molar-refractivity contribution is 0.540. The third kappa shape index (κ3) is 3.51. The Labute approximate surface area is 117 Å². The minimum atomic E-state index is 0.205. The average Bonchev–Trinajstić information content (AvgIpc) is 3.10. The average molecular weight is 293 g/mol. The van der Waals surface area contributed by atoms with E-state index in [0.717, 1.165) is 18.0 Å². The number of hydrogen-bond acceptors (Lipinski definition) is 1. The van der Waals surface area contributed by atoms with Crippen LogP contribution in [0.2, 0.25) is 15.1 Å². The first-order chi connectivity index (χ1) is 8.09. The molecule has 0 heterocycles. The van der Waals surface area contributed by atoms with E-state index in [1.54, 1.807) is 6.07 Å². The lowest BCUT2D eigenvalue weighted by atomic mass is 10.1. The van der Waals surface area contributed by atoms with E-state index in [4.69, 9.17) is 34.8 Å². The second-order valence-electron chi connectivity index (χ2n) is 4.67.